The predicted octanol–water partition coefficient (Wildman–Crippen LogP) is 2.87. The first-order valence-corrected chi connectivity index (χ1v) is 7.68. The van der Waals surface area contributed by atoms with Gasteiger partial charge in [0, 0.05) is 26.4 Å². The third-order valence-corrected chi connectivity index (χ3v) is 3.99. The molecule has 1 aromatic heterocycles. The molecule has 2 aromatic rings. The average Bonchev–Trinajstić information content (AvgIpc) is 2.84. The second-order valence-corrected chi connectivity index (χ2v) is 5.70. The van der Waals surface area contributed by atoms with E-state index < -0.39 is 24.4 Å². The Bertz CT molecular complexity index is 739. The highest BCUT2D eigenvalue weighted by molar-refractivity contribution is 7.71. The third-order valence-electron chi connectivity index (χ3n) is 3.63. The Kier molecular flexibility index (Phi) is 5.76. The fourth-order valence-electron chi connectivity index (χ4n) is 2.28. The molecule has 130 valence electrons. The number of hydrogen-bond acceptors (Lipinski definition) is 3. The van der Waals surface area contributed by atoms with Crippen LogP contribution in [0.5, 0.6) is 0 Å². The smallest absolute Gasteiger partial charge is 0.356 e. The molecule has 2 N–H and O–H groups in total. The van der Waals surface area contributed by atoms with E-state index in [2.05, 4.69) is 15.5 Å². The zero-order chi connectivity index (χ0) is 17.7. The average molecular weight is 358 g/mol. The maximum Gasteiger partial charge on any atom is 0.396 e. The predicted molar refractivity (Wildman–Crippen MR) is 85.0 cm³/mol. The lowest BCUT2D eigenvalue weighted by molar-refractivity contribution is -0.157. The second-order valence-electron chi connectivity index (χ2n) is 5.31. The number of carbonyl (C=O) groups excluding carboxylic acids is 1. The Labute approximate surface area is 141 Å². The van der Waals surface area contributed by atoms with Crippen molar-refractivity contribution in [3.05, 3.63) is 46.5 Å². The highest BCUT2D eigenvalue weighted by Gasteiger charge is 2.41. The Morgan fingerprint density at radius 2 is 2.04 bits per heavy atom. The van der Waals surface area contributed by atoms with Gasteiger partial charge in [-0.05, 0) is 17.8 Å². The van der Waals surface area contributed by atoms with Crippen LogP contribution in [0.1, 0.15) is 23.7 Å². The van der Waals surface area contributed by atoms with Gasteiger partial charge in [-0.25, -0.2) is 0 Å². The monoisotopic (exact) mass is 358 g/mol. The van der Waals surface area contributed by atoms with E-state index in [1.807, 2.05) is 0 Å². The van der Waals surface area contributed by atoms with Gasteiger partial charge in [-0.3, -0.25) is 9.89 Å². The summed E-state index contributed by atoms with van der Waals surface area (Å²) in [5.74, 6) is -1.85. The van der Waals surface area contributed by atoms with Crippen LogP contribution >= 0.6 is 12.2 Å². The van der Waals surface area contributed by atoms with Crippen molar-refractivity contribution in [3.8, 4) is 0 Å². The largest absolute Gasteiger partial charge is 0.396 e. The van der Waals surface area contributed by atoms with Gasteiger partial charge in [0.1, 0.15) is 5.82 Å². The summed E-state index contributed by atoms with van der Waals surface area (Å²) < 4.78 is 41.7. The molecule has 0 fully saturated rings. The van der Waals surface area contributed by atoms with Crippen LogP contribution in [-0.4, -0.2) is 33.4 Å². The number of halogens is 3. The Morgan fingerprint density at radius 3 is 2.58 bits per heavy atom. The molecule has 5 nitrogen and oxygen atoms in total. The van der Waals surface area contributed by atoms with Crippen molar-refractivity contribution in [1.82, 2.24) is 20.1 Å². The molecule has 1 amide bonds. The highest BCUT2D eigenvalue weighted by Crippen LogP contribution is 2.37. The molecular weight excluding hydrogens is 341 g/mol. The van der Waals surface area contributed by atoms with Gasteiger partial charge in [-0.2, -0.15) is 18.3 Å². The number of nitrogens with zero attached hydrogens (tertiary/aromatic N) is 2. The van der Waals surface area contributed by atoms with E-state index in [9.17, 15) is 18.0 Å². The maximum absolute atomic E-state index is 13.2. The summed E-state index contributed by atoms with van der Waals surface area (Å²) in [4.78, 5) is 11.9. The number of aromatic nitrogens is 3. The van der Waals surface area contributed by atoms with Gasteiger partial charge < -0.3 is 9.88 Å². The molecule has 1 heterocycles. The zero-order valence-corrected chi connectivity index (χ0v) is 13.7. The first kappa shape index (κ1) is 18.2. The van der Waals surface area contributed by atoms with E-state index in [1.165, 1.54) is 24.3 Å². The van der Waals surface area contributed by atoms with Crippen molar-refractivity contribution >= 4 is 18.1 Å². The highest BCUT2D eigenvalue weighted by atomic mass is 32.1. The molecule has 0 saturated heterocycles. The fraction of sp³-hybridized carbons (Fsp3) is 0.400. The summed E-state index contributed by atoms with van der Waals surface area (Å²) in [5.41, 5.74) is 0.0783. The molecule has 0 radical (unpaired) electrons. The number of aromatic amines is 1. The van der Waals surface area contributed by atoms with Gasteiger partial charge in [0.25, 0.3) is 0 Å². The molecule has 0 saturated carbocycles. The van der Waals surface area contributed by atoms with Crippen molar-refractivity contribution in [2.24, 2.45) is 7.05 Å². The van der Waals surface area contributed by atoms with Crippen LogP contribution in [0.25, 0.3) is 0 Å². The molecule has 0 spiro atoms. The van der Waals surface area contributed by atoms with Crippen LogP contribution in [0.2, 0.25) is 0 Å². The topological polar surface area (TPSA) is 62.7 Å². The van der Waals surface area contributed by atoms with Crippen LogP contribution in [-0.2, 0) is 18.3 Å². The minimum Gasteiger partial charge on any atom is -0.356 e. The van der Waals surface area contributed by atoms with Gasteiger partial charge in [0.05, 0.1) is 5.92 Å². The third kappa shape index (κ3) is 4.67. The summed E-state index contributed by atoms with van der Waals surface area (Å²) in [6.07, 6.45) is -4.76. The Hall–Kier alpha value is -2.16. The molecule has 0 aliphatic carbocycles. The normalized spacial score (nSPS) is 12.8. The fourth-order valence-corrected chi connectivity index (χ4v) is 2.43. The minimum absolute atomic E-state index is 0.0783. The Morgan fingerprint density at radius 1 is 1.38 bits per heavy atom. The molecule has 1 aromatic carbocycles. The number of rotatable bonds is 6. The molecule has 0 aliphatic rings. The van der Waals surface area contributed by atoms with E-state index in [-0.39, 0.29) is 12.1 Å². The lowest BCUT2D eigenvalue weighted by atomic mass is 9.95. The number of carbonyl (C=O) groups is 1. The van der Waals surface area contributed by atoms with Crippen molar-refractivity contribution in [2.75, 3.05) is 6.54 Å². The van der Waals surface area contributed by atoms with Crippen molar-refractivity contribution in [3.63, 3.8) is 0 Å². The summed E-state index contributed by atoms with van der Waals surface area (Å²) in [7, 11) is 1.72. The van der Waals surface area contributed by atoms with Crippen LogP contribution in [0, 0.1) is 4.77 Å². The molecule has 24 heavy (non-hydrogen) atoms. The first-order valence-electron chi connectivity index (χ1n) is 7.27. The lowest BCUT2D eigenvalue weighted by Crippen LogP contribution is -2.31. The molecule has 0 bridgehead atoms. The summed E-state index contributed by atoms with van der Waals surface area (Å²) in [5, 5.41) is 9.08. The molecule has 0 aliphatic heterocycles. The van der Waals surface area contributed by atoms with Crippen molar-refractivity contribution in [1.29, 1.82) is 0 Å². The maximum atomic E-state index is 13.2. The van der Waals surface area contributed by atoms with Crippen LogP contribution < -0.4 is 5.32 Å². The number of hydrogen-bond donors (Lipinski definition) is 2. The van der Waals surface area contributed by atoms with Crippen molar-refractivity contribution < 1.29 is 18.0 Å². The van der Waals surface area contributed by atoms with E-state index >= 15 is 0 Å². The SMILES string of the molecule is Cn1c(CCNC(=O)CC(c2ccccc2)C(F)(F)F)n[nH]c1=S. The standard InChI is InChI=1S/C15H17F3N4OS/c1-22-12(20-21-14(22)24)7-8-19-13(23)9-11(15(16,17)18)10-5-3-2-4-6-10/h2-6,11H,7-9H2,1H3,(H,19,23)(H,21,24). The van der Waals surface area contributed by atoms with Gasteiger partial charge in [-0.15, -0.1) is 0 Å². The molecular formula is C15H17F3N4OS. The number of H-pyrrole nitrogens is 1. The van der Waals surface area contributed by atoms with E-state index in [4.69, 9.17) is 12.2 Å². The van der Waals surface area contributed by atoms with Crippen LogP contribution in [0.15, 0.2) is 30.3 Å². The van der Waals surface area contributed by atoms with E-state index in [0.29, 0.717) is 17.0 Å². The van der Waals surface area contributed by atoms with Gasteiger partial charge >= 0.3 is 6.18 Å². The van der Waals surface area contributed by atoms with Crippen LogP contribution in [0.4, 0.5) is 13.2 Å². The summed E-state index contributed by atoms with van der Waals surface area (Å²) in [6.45, 7) is 0.186. The molecule has 9 heteroatoms. The van der Waals surface area contributed by atoms with Gasteiger partial charge in [-0.1, -0.05) is 30.3 Å². The summed E-state index contributed by atoms with van der Waals surface area (Å²) in [6, 6.07) is 7.43. The molecule has 1 atom stereocenters. The molecule has 1 unspecified atom stereocenters. The number of benzene rings is 1. The van der Waals surface area contributed by atoms with Crippen LogP contribution in [0.3, 0.4) is 0 Å². The number of nitrogens with one attached hydrogen (secondary N) is 2. The zero-order valence-electron chi connectivity index (χ0n) is 12.9. The lowest BCUT2D eigenvalue weighted by Gasteiger charge is -2.20. The van der Waals surface area contributed by atoms with Gasteiger partial charge in [0.2, 0.25) is 5.91 Å². The van der Waals surface area contributed by atoms with E-state index in [0.717, 1.165) is 0 Å². The number of alkyl halides is 3. The Balaban J connectivity index is 1.94. The quantitative estimate of drug-likeness (QED) is 0.781. The number of amides is 1. The van der Waals surface area contributed by atoms with E-state index in [1.54, 1.807) is 17.7 Å². The first-order chi connectivity index (χ1) is 11.3. The minimum atomic E-state index is -4.48. The van der Waals surface area contributed by atoms with Crippen molar-refractivity contribution in [2.45, 2.75) is 24.9 Å². The van der Waals surface area contributed by atoms with Gasteiger partial charge in [0.15, 0.2) is 4.77 Å². The summed E-state index contributed by atoms with van der Waals surface area (Å²) >= 11 is 4.96. The molecule has 2 rings (SSSR count). The second kappa shape index (κ2) is 7.61.